The van der Waals surface area contributed by atoms with Gasteiger partial charge in [-0.2, -0.15) is 13.2 Å². The fourth-order valence-electron chi connectivity index (χ4n) is 1.15. The first kappa shape index (κ1) is 11.0. The van der Waals surface area contributed by atoms with Crippen LogP contribution >= 0.6 is 0 Å². The Morgan fingerprint density at radius 1 is 1.29 bits per heavy atom. The van der Waals surface area contributed by atoms with Gasteiger partial charge < -0.3 is 5.32 Å². The minimum Gasteiger partial charge on any atom is -0.313 e. The lowest BCUT2D eigenvalue weighted by atomic mass is 10.1. The van der Waals surface area contributed by atoms with Gasteiger partial charge in [-0.25, -0.2) is 0 Å². The molecule has 0 aliphatic heterocycles. The molecule has 1 atom stereocenters. The highest BCUT2D eigenvalue weighted by Crippen LogP contribution is 2.30. The van der Waals surface area contributed by atoms with Crippen molar-refractivity contribution in [1.82, 2.24) is 5.32 Å². The van der Waals surface area contributed by atoms with Gasteiger partial charge in [-0.3, -0.25) is 0 Å². The molecule has 0 aliphatic rings. The van der Waals surface area contributed by atoms with Crippen molar-refractivity contribution >= 4 is 0 Å². The largest absolute Gasteiger partial charge is 0.416 e. The predicted octanol–water partition coefficient (Wildman–Crippen LogP) is 2.99. The molecule has 1 N–H and O–H groups in total. The normalized spacial score (nSPS) is 14.1. The van der Waals surface area contributed by atoms with E-state index in [-0.39, 0.29) is 6.04 Å². The minimum atomic E-state index is -4.26. The molecule has 0 amide bonds. The molecule has 0 saturated heterocycles. The Hall–Kier alpha value is -1.03. The Morgan fingerprint density at radius 2 is 1.93 bits per heavy atom. The summed E-state index contributed by atoms with van der Waals surface area (Å²) in [4.78, 5) is 0. The molecule has 78 valence electrons. The molecule has 14 heavy (non-hydrogen) atoms. The molecular formula is C10H12F3N. The number of rotatable bonds is 2. The van der Waals surface area contributed by atoms with Crippen LogP contribution in [0.3, 0.4) is 0 Å². The lowest BCUT2D eigenvalue weighted by molar-refractivity contribution is -0.137. The summed E-state index contributed by atoms with van der Waals surface area (Å²) in [5.41, 5.74) is 0.0411. The first-order chi connectivity index (χ1) is 6.45. The van der Waals surface area contributed by atoms with E-state index in [2.05, 4.69) is 5.32 Å². The van der Waals surface area contributed by atoms with Gasteiger partial charge in [-0.05, 0) is 31.7 Å². The van der Waals surface area contributed by atoms with E-state index in [0.717, 1.165) is 6.07 Å². The molecule has 0 saturated carbocycles. The molecule has 0 aliphatic carbocycles. The van der Waals surface area contributed by atoms with Gasteiger partial charge in [0.05, 0.1) is 5.56 Å². The first-order valence-corrected chi connectivity index (χ1v) is 4.29. The SMILES string of the molecule is CNC(C)c1cccc(C(F)(F)F)c1. The highest BCUT2D eigenvalue weighted by Gasteiger charge is 2.30. The van der Waals surface area contributed by atoms with Crippen molar-refractivity contribution < 1.29 is 13.2 Å². The monoisotopic (exact) mass is 203 g/mol. The zero-order valence-corrected chi connectivity index (χ0v) is 8.02. The summed E-state index contributed by atoms with van der Waals surface area (Å²) in [5.74, 6) is 0. The second-order valence-electron chi connectivity index (χ2n) is 3.13. The molecule has 0 radical (unpaired) electrons. The van der Waals surface area contributed by atoms with Crippen LogP contribution in [0.4, 0.5) is 13.2 Å². The molecular weight excluding hydrogens is 191 g/mol. The smallest absolute Gasteiger partial charge is 0.313 e. The standard InChI is InChI=1S/C10H12F3N/c1-7(14-2)8-4-3-5-9(6-8)10(11,12)13/h3-7,14H,1-2H3. The van der Waals surface area contributed by atoms with Crippen molar-refractivity contribution in [2.75, 3.05) is 7.05 Å². The van der Waals surface area contributed by atoms with Crippen molar-refractivity contribution in [3.8, 4) is 0 Å². The van der Waals surface area contributed by atoms with E-state index in [0.29, 0.717) is 5.56 Å². The number of hydrogen-bond acceptors (Lipinski definition) is 1. The average molecular weight is 203 g/mol. The van der Waals surface area contributed by atoms with E-state index in [1.165, 1.54) is 12.1 Å². The molecule has 0 bridgehead atoms. The molecule has 1 aromatic rings. The van der Waals surface area contributed by atoms with Crippen LogP contribution in [0.25, 0.3) is 0 Å². The summed E-state index contributed by atoms with van der Waals surface area (Å²) in [5, 5.41) is 2.89. The van der Waals surface area contributed by atoms with Crippen LogP contribution in [0.5, 0.6) is 0 Å². The molecule has 4 heteroatoms. The lowest BCUT2D eigenvalue weighted by Crippen LogP contribution is -2.13. The second-order valence-corrected chi connectivity index (χ2v) is 3.13. The van der Waals surface area contributed by atoms with Gasteiger partial charge in [0.15, 0.2) is 0 Å². The van der Waals surface area contributed by atoms with Crippen LogP contribution in [0.2, 0.25) is 0 Å². The van der Waals surface area contributed by atoms with Crippen LogP contribution in [-0.4, -0.2) is 7.05 Å². The van der Waals surface area contributed by atoms with Crippen LogP contribution in [0.1, 0.15) is 24.1 Å². The zero-order valence-electron chi connectivity index (χ0n) is 8.02. The third kappa shape index (κ3) is 2.48. The van der Waals surface area contributed by atoms with Gasteiger partial charge >= 0.3 is 6.18 Å². The summed E-state index contributed by atoms with van der Waals surface area (Å²) in [7, 11) is 1.71. The number of halogens is 3. The molecule has 1 aromatic carbocycles. The highest BCUT2D eigenvalue weighted by atomic mass is 19.4. The van der Waals surface area contributed by atoms with Crippen molar-refractivity contribution in [2.45, 2.75) is 19.1 Å². The van der Waals surface area contributed by atoms with Crippen molar-refractivity contribution in [3.05, 3.63) is 35.4 Å². The summed E-state index contributed by atoms with van der Waals surface area (Å²) in [6, 6.07) is 5.27. The molecule has 0 fully saturated rings. The van der Waals surface area contributed by atoms with Crippen LogP contribution in [0, 0.1) is 0 Å². The van der Waals surface area contributed by atoms with Crippen LogP contribution < -0.4 is 5.32 Å². The van der Waals surface area contributed by atoms with E-state index >= 15 is 0 Å². The Bertz CT molecular complexity index is 306. The third-order valence-electron chi connectivity index (χ3n) is 2.15. The molecule has 0 heterocycles. The maximum Gasteiger partial charge on any atom is 0.416 e. The number of hydrogen-bond donors (Lipinski definition) is 1. The van der Waals surface area contributed by atoms with E-state index in [1.54, 1.807) is 13.1 Å². The van der Waals surface area contributed by atoms with Crippen LogP contribution in [0.15, 0.2) is 24.3 Å². The van der Waals surface area contributed by atoms with Gasteiger partial charge in [0.25, 0.3) is 0 Å². The molecule has 1 rings (SSSR count). The maximum absolute atomic E-state index is 12.3. The van der Waals surface area contributed by atoms with Crippen LogP contribution in [-0.2, 0) is 6.18 Å². The summed E-state index contributed by atoms with van der Waals surface area (Å²) in [6.45, 7) is 1.81. The second kappa shape index (κ2) is 4.00. The number of nitrogens with one attached hydrogen (secondary N) is 1. The topological polar surface area (TPSA) is 12.0 Å². The third-order valence-corrected chi connectivity index (χ3v) is 2.15. The van der Waals surface area contributed by atoms with E-state index in [1.807, 2.05) is 6.92 Å². The van der Waals surface area contributed by atoms with Gasteiger partial charge in [0.2, 0.25) is 0 Å². The Morgan fingerprint density at radius 3 is 2.43 bits per heavy atom. The Labute approximate surface area is 80.9 Å². The van der Waals surface area contributed by atoms with Crippen molar-refractivity contribution in [2.24, 2.45) is 0 Å². The van der Waals surface area contributed by atoms with Gasteiger partial charge in [0, 0.05) is 6.04 Å². The quantitative estimate of drug-likeness (QED) is 0.779. The number of benzene rings is 1. The van der Waals surface area contributed by atoms with Gasteiger partial charge in [0.1, 0.15) is 0 Å². The van der Waals surface area contributed by atoms with Gasteiger partial charge in [-0.1, -0.05) is 12.1 Å². The van der Waals surface area contributed by atoms with Crippen molar-refractivity contribution in [3.63, 3.8) is 0 Å². The first-order valence-electron chi connectivity index (χ1n) is 4.29. The minimum absolute atomic E-state index is 0.0719. The summed E-state index contributed by atoms with van der Waals surface area (Å²) >= 11 is 0. The number of alkyl halides is 3. The maximum atomic E-state index is 12.3. The lowest BCUT2D eigenvalue weighted by Gasteiger charge is -2.13. The molecule has 0 aromatic heterocycles. The highest BCUT2D eigenvalue weighted by molar-refractivity contribution is 5.27. The molecule has 1 nitrogen and oxygen atoms in total. The fourth-order valence-corrected chi connectivity index (χ4v) is 1.15. The molecule has 1 unspecified atom stereocenters. The van der Waals surface area contributed by atoms with E-state index < -0.39 is 11.7 Å². The average Bonchev–Trinajstić information content (AvgIpc) is 2.15. The Balaban J connectivity index is 3.01. The van der Waals surface area contributed by atoms with Gasteiger partial charge in [-0.15, -0.1) is 0 Å². The fraction of sp³-hybridized carbons (Fsp3) is 0.400. The zero-order chi connectivity index (χ0) is 10.8. The van der Waals surface area contributed by atoms with Crippen molar-refractivity contribution in [1.29, 1.82) is 0 Å². The summed E-state index contributed by atoms with van der Waals surface area (Å²) in [6.07, 6.45) is -4.26. The summed E-state index contributed by atoms with van der Waals surface area (Å²) < 4.78 is 36.9. The molecule has 0 spiro atoms. The van der Waals surface area contributed by atoms with E-state index in [9.17, 15) is 13.2 Å². The Kier molecular flexibility index (Phi) is 3.16. The predicted molar refractivity (Wildman–Crippen MR) is 48.9 cm³/mol. The van der Waals surface area contributed by atoms with E-state index in [4.69, 9.17) is 0 Å².